The maximum atomic E-state index is 11.3. The lowest BCUT2D eigenvalue weighted by Crippen LogP contribution is -1.96. The van der Waals surface area contributed by atoms with E-state index in [0.717, 1.165) is 11.1 Å². The predicted molar refractivity (Wildman–Crippen MR) is 60.8 cm³/mol. The summed E-state index contributed by atoms with van der Waals surface area (Å²) in [5.74, 6) is 0. The molecule has 0 bridgehead atoms. The van der Waals surface area contributed by atoms with Crippen LogP contribution in [0.5, 0.6) is 0 Å². The van der Waals surface area contributed by atoms with Gasteiger partial charge in [0.15, 0.2) is 0 Å². The van der Waals surface area contributed by atoms with E-state index in [-0.39, 0.29) is 0 Å². The van der Waals surface area contributed by atoms with Crippen LogP contribution in [0.25, 0.3) is 21.4 Å². The fraction of sp³-hybridized carbons (Fsp3) is 0.182. The summed E-state index contributed by atoms with van der Waals surface area (Å²) in [7, 11) is 0. The molecule has 0 amide bonds. The summed E-state index contributed by atoms with van der Waals surface area (Å²) >= 11 is 0. The van der Waals surface area contributed by atoms with Crippen LogP contribution in [-0.2, 0) is 0 Å². The molecular formula is C11H9N3O2. The number of hydrogen-bond donors (Lipinski definition) is 0. The fourth-order valence-electron chi connectivity index (χ4n) is 1.79. The van der Waals surface area contributed by atoms with Gasteiger partial charge in [-0.25, -0.2) is 4.79 Å². The number of hydrogen-bond acceptors (Lipinski definition) is 3. The summed E-state index contributed by atoms with van der Waals surface area (Å²) in [5.41, 5.74) is 10.6. The predicted octanol–water partition coefficient (Wildman–Crippen LogP) is 3.35. The highest BCUT2D eigenvalue weighted by Crippen LogP contribution is 2.28. The van der Waals surface area contributed by atoms with E-state index < -0.39 is 5.63 Å². The topological polar surface area (TPSA) is 79.0 Å². The lowest BCUT2D eigenvalue weighted by molar-refractivity contribution is 0.561. The molecule has 0 aliphatic heterocycles. The molecule has 0 unspecified atom stereocenters. The number of nitrogens with zero attached hydrogens (tertiary/aromatic N) is 3. The third-order valence-electron chi connectivity index (χ3n) is 2.32. The highest BCUT2D eigenvalue weighted by molar-refractivity contribution is 5.91. The summed E-state index contributed by atoms with van der Waals surface area (Å²) in [6, 6.07) is 4.89. The number of aryl methyl sites for hydroxylation is 2. The van der Waals surface area contributed by atoms with Crippen molar-refractivity contribution in [2.24, 2.45) is 5.11 Å². The SMILES string of the molecule is Cc1cc(C)c2c(N=[N+]=[N-])cc(=O)oc2c1. The van der Waals surface area contributed by atoms with E-state index in [0.29, 0.717) is 16.7 Å². The summed E-state index contributed by atoms with van der Waals surface area (Å²) < 4.78 is 5.07. The van der Waals surface area contributed by atoms with Crippen LogP contribution in [0.15, 0.2) is 32.5 Å². The number of fused-ring (bicyclic) bond motifs is 1. The standard InChI is InChI=1S/C11H9N3O2/c1-6-3-7(2)11-8(13-14-12)5-10(15)16-9(11)4-6/h3-5H,1-2H3. The molecule has 0 N–H and O–H groups in total. The Hall–Kier alpha value is -2.26. The van der Waals surface area contributed by atoms with Crippen LogP contribution in [0.2, 0.25) is 0 Å². The van der Waals surface area contributed by atoms with Gasteiger partial charge in [-0.05, 0) is 36.6 Å². The Morgan fingerprint density at radius 2 is 2.06 bits per heavy atom. The van der Waals surface area contributed by atoms with Crippen LogP contribution < -0.4 is 5.63 Å². The third kappa shape index (κ3) is 1.64. The van der Waals surface area contributed by atoms with E-state index in [4.69, 9.17) is 9.95 Å². The van der Waals surface area contributed by atoms with Gasteiger partial charge in [0, 0.05) is 16.4 Å². The van der Waals surface area contributed by atoms with Crippen LogP contribution in [0.3, 0.4) is 0 Å². The Labute approximate surface area is 90.9 Å². The fourth-order valence-corrected chi connectivity index (χ4v) is 1.79. The Bertz CT molecular complexity index is 667. The number of rotatable bonds is 1. The molecule has 0 radical (unpaired) electrons. The Morgan fingerprint density at radius 1 is 1.31 bits per heavy atom. The molecule has 1 aromatic carbocycles. The molecule has 1 aromatic heterocycles. The van der Waals surface area contributed by atoms with Crippen LogP contribution in [0.4, 0.5) is 5.69 Å². The maximum Gasteiger partial charge on any atom is 0.336 e. The minimum absolute atomic E-state index is 0.311. The molecule has 2 aromatic rings. The summed E-state index contributed by atoms with van der Waals surface area (Å²) in [4.78, 5) is 14.0. The van der Waals surface area contributed by atoms with Crippen LogP contribution in [-0.4, -0.2) is 0 Å². The van der Waals surface area contributed by atoms with E-state index in [1.807, 2.05) is 19.9 Å². The smallest absolute Gasteiger partial charge is 0.336 e. The molecule has 16 heavy (non-hydrogen) atoms. The Kier molecular flexibility index (Phi) is 2.38. The second-order valence-corrected chi connectivity index (χ2v) is 3.60. The summed E-state index contributed by atoms with van der Waals surface area (Å²) in [6.07, 6.45) is 0. The van der Waals surface area contributed by atoms with Crippen molar-refractivity contribution in [3.05, 3.63) is 50.2 Å². The second-order valence-electron chi connectivity index (χ2n) is 3.60. The molecular weight excluding hydrogens is 206 g/mol. The first kappa shape index (κ1) is 10.3. The minimum Gasteiger partial charge on any atom is -0.423 e. The first-order chi connectivity index (χ1) is 7.61. The van der Waals surface area contributed by atoms with Gasteiger partial charge in [-0.15, -0.1) is 0 Å². The molecule has 5 nitrogen and oxygen atoms in total. The quantitative estimate of drug-likeness (QED) is 0.316. The Balaban J connectivity index is 3.00. The van der Waals surface area contributed by atoms with E-state index in [2.05, 4.69) is 10.0 Å². The first-order valence-corrected chi connectivity index (χ1v) is 4.72. The van der Waals surface area contributed by atoms with Crippen LogP contribution in [0.1, 0.15) is 11.1 Å². The van der Waals surface area contributed by atoms with Gasteiger partial charge in [0.05, 0.1) is 5.69 Å². The third-order valence-corrected chi connectivity index (χ3v) is 2.32. The first-order valence-electron chi connectivity index (χ1n) is 4.72. The zero-order valence-corrected chi connectivity index (χ0v) is 8.89. The van der Waals surface area contributed by atoms with Crippen LogP contribution >= 0.6 is 0 Å². The zero-order valence-electron chi connectivity index (χ0n) is 8.89. The molecule has 0 spiro atoms. The molecule has 0 aliphatic carbocycles. The summed E-state index contributed by atoms with van der Waals surface area (Å²) in [6.45, 7) is 3.79. The van der Waals surface area contributed by atoms with Crippen molar-refractivity contribution in [1.29, 1.82) is 0 Å². The van der Waals surface area contributed by atoms with Crippen LogP contribution in [0, 0.1) is 13.8 Å². The van der Waals surface area contributed by atoms with Gasteiger partial charge in [-0.1, -0.05) is 11.2 Å². The molecule has 0 saturated carbocycles. The molecule has 2 rings (SSSR count). The van der Waals surface area contributed by atoms with Crippen molar-refractivity contribution in [2.45, 2.75) is 13.8 Å². The number of azide groups is 1. The largest absolute Gasteiger partial charge is 0.423 e. The van der Waals surface area contributed by atoms with Crippen molar-refractivity contribution >= 4 is 16.7 Å². The van der Waals surface area contributed by atoms with Crippen molar-refractivity contribution in [3.8, 4) is 0 Å². The second kappa shape index (κ2) is 3.72. The normalized spacial score (nSPS) is 10.1. The molecule has 0 aliphatic rings. The van der Waals surface area contributed by atoms with Crippen molar-refractivity contribution in [2.75, 3.05) is 0 Å². The van der Waals surface area contributed by atoms with Gasteiger partial charge >= 0.3 is 5.63 Å². The van der Waals surface area contributed by atoms with E-state index in [1.54, 1.807) is 6.07 Å². The maximum absolute atomic E-state index is 11.3. The van der Waals surface area contributed by atoms with E-state index in [9.17, 15) is 4.79 Å². The van der Waals surface area contributed by atoms with Gasteiger partial charge in [0.2, 0.25) is 0 Å². The molecule has 0 fully saturated rings. The van der Waals surface area contributed by atoms with Crippen molar-refractivity contribution in [1.82, 2.24) is 0 Å². The van der Waals surface area contributed by atoms with Gasteiger partial charge in [0.1, 0.15) is 5.58 Å². The van der Waals surface area contributed by atoms with E-state index in [1.165, 1.54) is 6.07 Å². The van der Waals surface area contributed by atoms with E-state index >= 15 is 0 Å². The van der Waals surface area contributed by atoms with Crippen molar-refractivity contribution < 1.29 is 4.42 Å². The molecule has 1 heterocycles. The van der Waals surface area contributed by atoms with Gasteiger partial charge < -0.3 is 4.42 Å². The number of benzene rings is 1. The summed E-state index contributed by atoms with van der Waals surface area (Å²) in [5, 5.41) is 4.19. The minimum atomic E-state index is -0.514. The molecule has 0 atom stereocenters. The molecule has 0 saturated heterocycles. The van der Waals surface area contributed by atoms with Gasteiger partial charge in [-0.3, -0.25) is 0 Å². The lowest BCUT2D eigenvalue weighted by Gasteiger charge is -2.04. The average Bonchev–Trinajstić information content (AvgIpc) is 2.15. The zero-order chi connectivity index (χ0) is 11.7. The van der Waals surface area contributed by atoms with Gasteiger partial charge in [-0.2, -0.15) is 0 Å². The Morgan fingerprint density at radius 3 is 2.75 bits per heavy atom. The average molecular weight is 215 g/mol. The van der Waals surface area contributed by atoms with Gasteiger partial charge in [0.25, 0.3) is 0 Å². The monoisotopic (exact) mass is 215 g/mol. The highest BCUT2D eigenvalue weighted by Gasteiger charge is 2.07. The van der Waals surface area contributed by atoms with Crippen molar-refractivity contribution in [3.63, 3.8) is 0 Å². The molecule has 5 heteroatoms. The highest BCUT2D eigenvalue weighted by atomic mass is 16.4. The molecule has 80 valence electrons. The lowest BCUT2D eigenvalue weighted by atomic mass is 10.1.